The molecule has 0 spiro atoms. The fourth-order valence-corrected chi connectivity index (χ4v) is 6.84. The Balaban J connectivity index is 1.41. The fourth-order valence-electron chi connectivity index (χ4n) is 5.81. The van der Waals surface area contributed by atoms with Gasteiger partial charge in [-0.3, -0.25) is 0 Å². The standard InChI is InChI=1S/C41H38N2OSi/c1-41(2,3)45(4,5)44-39-25-15-24-38-40(39)34-22-12-13-23-37(34)43(38)33-21-14-20-31(26-33)32-27-35(29-16-8-6-9-17-29)42-36(28-32)30-18-10-7-11-19-30/h6-28H,1-5H3. The molecule has 0 amide bonds. The Morgan fingerprint density at radius 2 is 1.11 bits per heavy atom. The van der Waals surface area contributed by atoms with Crippen molar-refractivity contribution in [1.82, 2.24) is 9.55 Å². The molecule has 0 aliphatic rings. The second kappa shape index (κ2) is 11.2. The van der Waals surface area contributed by atoms with Gasteiger partial charge in [-0.15, -0.1) is 0 Å². The summed E-state index contributed by atoms with van der Waals surface area (Å²) in [7, 11) is -2.06. The minimum absolute atomic E-state index is 0.101. The summed E-state index contributed by atoms with van der Waals surface area (Å²) in [5, 5.41) is 2.47. The molecular weight excluding hydrogens is 565 g/mol. The highest BCUT2D eigenvalue weighted by atomic mass is 28.4. The Bertz CT molecular complexity index is 2080. The largest absolute Gasteiger partial charge is 0.543 e. The molecule has 0 unspecified atom stereocenters. The third kappa shape index (κ3) is 5.36. The minimum Gasteiger partial charge on any atom is -0.543 e. The van der Waals surface area contributed by atoms with Crippen LogP contribution in [-0.2, 0) is 0 Å². The van der Waals surface area contributed by atoms with Gasteiger partial charge < -0.3 is 8.99 Å². The van der Waals surface area contributed by atoms with E-state index in [-0.39, 0.29) is 5.04 Å². The molecule has 45 heavy (non-hydrogen) atoms. The topological polar surface area (TPSA) is 27.1 Å². The van der Waals surface area contributed by atoms with Gasteiger partial charge in [0.15, 0.2) is 0 Å². The number of para-hydroxylation sites is 1. The number of nitrogens with zero attached hydrogens (tertiary/aromatic N) is 2. The molecule has 3 nitrogen and oxygen atoms in total. The molecule has 4 heteroatoms. The van der Waals surface area contributed by atoms with E-state index < -0.39 is 8.32 Å². The minimum atomic E-state index is -2.06. The average molecular weight is 603 g/mol. The zero-order valence-electron chi connectivity index (χ0n) is 26.6. The summed E-state index contributed by atoms with van der Waals surface area (Å²) in [6.07, 6.45) is 0. The van der Waals surface area contributed by atoms with E-state index in [4.69, 9.17) is 9.41 Å². The second-order valence-electron chi connectivity index (χ2n) is 13.3. The van der Waals surface area contributed by atoms with Crippen LogP contribution in [0.2, 0.25) is 18.1 Å². The van der Waals surface area contributed by atoms with Crippen LogP contribution in [0.4, 0.5) is 0 Å². The number of pyridine rings is 1. The molecule has 5 aromatic carbocycles. The number of aromatic nitrogens is 2. The Labute approximate surface area is 266 Å². The summed E-state index contributed by atoms with van der Waals surface area (Å²) in [5.41, 5.74) is 9.82. The highest BCUT2D eigenvalue weighted by molar-refractivity contribution is 6.74. The van der Waals surface area contributed by atoms with E-state index in [0.717, 1.165) is 50.6 Å². The molecule has 0 N–H and O–H groups in total. The van der Waals surface area contributed by atoms with E-state index in [9.17, 15) is 0 Å². The number of fused-ring (bicyclic) bond motifs is 3. The Kier molecular flexibility index (Phi) is 7.18. The number of hydrogen-bond donors (Lipinski definition) is 0. The van der Waals surface area contributed by atoms with Crippen LogP contribution < -0.4 is 4.43 Å². The van der Waals surface area contributed by atoms with Gasteiger partial charge in [0, 0.05) is 27.6 Å². The van der Waals surface area contributed by atoms with Crippen molar-refractivity contribution in [1.29, 1.82) is 0 Å². The molecule has 0 radical (unpaired) electrons. The maximum Gasteiger partial charge on any atom is 0.250 e. The molecule has 0 fully saturated rings. The van der Waals surface area contributed by atoms with Crippen LogP contribution >= 0.6 is 0 Å². The fraction of sp³-hybridized carbons (Fsp3) is 0.146. The van der Waals surface area contributed by atoms with Crippen LogP contribution in [-0.4, -0.2) is 17.9 Å². The summed E-state index contributed by atoms with van der Waals surface area (Å²) >= 11 is 0. The van der Waals surface area contributed by atoms with Crippen LogP contribution in [0.25, 0.3) is 61.1 Å². The summed E-state index contributed by atoms with van der Waals surface area (Å²) < 4.78 is 9.34. The molecule has 222 valence electrons. The third-order valence-corrected chi connectivity index (χ3v) is 13.6. The molecule has 7 aromatic rings. The lowest BCUT2D eigenvalue weighted by atomic mass is 9.99. The lowest BCUT2D eigenvalue weighted by Gasteiger charge is -2.36. The van der Waals surface area contributed by atoms with Gasteiger partial charge in [-0.2, -0.15) is 0 Å². The quantitative estimate of drug-likeness (QED) is 0.177. The smallest absolute Gasteiger partial charge is 0.250 e. The van der Waals surface area contributed by atoms with Crippen LogP contribution in [0.1, 0.15) is 20.8 Å². The van der Waals surface area contributed by atoms with Crippen LogP contribution in [0.5, 0.6) is 5.75 Å². The second-order valence-corrected chi connectivity index (χ2v) is 18.0. The zero-order valence-corrected chi connectivity index (χ0v) is 27.6. The molecule has 0 aliphatic carbocycles. The van der Waals surface area contributed by atoms with Crippen molar-refractivity contribution in [2.75, 3.05) is 0 Å². The number of hydrogen-bond acceptors (Lipinski definition) is 2. The Morgan fingerprint density at radius 1 is 0.556 bits per heavy atom. The van der Waals surface area contributed by atoms with Crippen molar-refractivity contribution in [3.63, 3.8) is 0 Å². The summed E-state index contributed by atoms with van der Waals surface area (Å²) in [6.45, 7) is 11.5. The lowest BCUT2D eigenvalue weighted by Crippen LogP contribution is -2.43. The van der Waals surface area contributed by atoms with E-state index in [2.05, 4.69) is 166 Å². The van der Waals surface area contributed by atoms with E-state index >= 15 is 0 Å². The molecule has 0 aliphatic heterocycles. The Hall–Kier alpha value is -4.93. The van der Waals surface area contributed by atoms with Crippen molar-refractivity contribution in [2.45, 2.75) is 38.9 Å². The molecule has 2 heterocycles. The first-order chi connectivity index (χ1) is 21.7. The summed E-state index contributed by atoms with van der Waals surface area (Å²) in [6, 6.07) is 49.3. The average Bonchev–Trinajstić information content (AvgIpc) is 3.40. The van der Waals surface area contributed by atoms with Gasteiger partial charge in [0.25, 0.3) is 8.32 Å². The summed E-state index contributed by atoms with van der Waals surface area (Å²) in [4.78, 5) is 5.09. The van der Waals surface area contributed by atoms with Crippen molar-refractivity contribution >= 4 is 30.1 Å². The maximum absolute atomic E-state index is 6.96. The van der Waals surface area contributed by atoms with E-state index in [1.165, 1.54) is 16.3 Å². The SMILES string of the molecule is CC(C)(C)[Si](C)(C)Oc1cccc2c1c1ccccc1n2-c1cccc(-c2cc(-c3ccccc3)nc(-c3ccccc3)c2)c1. The van der Waals surface area contributed by atoms with Gasteiger partial charge >= 0.3 is 0 Å². The first kappa shape index (κ1) is 28.8. The number of rotatable bonds is 6. The first-order valence-electron chi connectivity index (χ1n) is 15.6. The highest BCUT2D eigenvalue weighted by Gasteiger charge is 2.39. The van der Waals surface area contributed by atoms with Gasteiger partial charge in [-0.05, 0) is 71.7 Å². The van der Waals surface area contributed by atoms with E-state index in [1.54, 1.807) is 0 Å². The van der Waals surface area contributed by atoms with E-state index in [0.29, 0.717) is 0 Å². The third-order valence-electron chi connectivity index (χ3n) is 9.23. The van der Waals surface area contributed by atoms with Crippen molar-refractivity contribution in [3.05, 3.63) is 140 Å². The monoisotopic (exact) mass is 602 g/mol. The molecular formula is C41H38N2OSi. The van der Waals surface area contributed by atoms with Crippen molar-refractivity contribution in [3.8, 4) is 45.1 Å². The molecule has 0 saturated heterocycles. The normalized spacial score (nSPS) is 12.1. The number of benzene rings is 5. The van der Waals surface area contributed by atoms with E-state index in [1.807, 2.05) is 12.1 Å². The van der Waals surface area contributed by atoms with Gasteiger partial charge in [0.1, 0.15) is 5.75 Å². The molecule has 2 aromatic heterocycles. The summed E-state index contributed by atoms with van der Waals surface area (Å²) in [5.74, 6) is 0.972. The molecule has 7 rings (SSSR count). The van der Waals surface area contributed by atoms with Gasteiger partial charge in [0.2, 0.25) is 0 Å². The Morgan fingerprint density at radius 3 is 1.76 bits per heavy atom. The predicted molar refractivity (Wildman–Crippen MR) is 193 cm³/mol. The molecule has 0 atom stereocenters. The van der Waals surface area contributed by atoms with Gasteiger partial charge in [-0.1, -0.05) is 118 Å². The van der Waals surface area contributed by atoms with Crippen molar-refractivity contribution < 1.29 is 4.43 Å². The molecule has 0 bridgehead atoms. The molecule has 0 saturated carbocycles. The zero-order chi connectivity index (χ0) is 31.2. The lowest BCUT2D eigenvalue weighted by molar-refractivity contribution is 0.497. The van der Waals surface area contributed by atoms with Crippen LogP contribution in [0, 0.1) is 0 Å². The van der Waals surface area contributed by atoms with Crippen LogP contribution in [0.15, 0.2) is 140 Å². The van der Waals surface area contributed by atoms with Gasteiger partial charge in [0.05, 0.1) is 22.4 Å². The first-order valence-corrected chi connectivity index (χ1v) is 18.6. The van der Waals surface area contributed by atoms with Crippen LogP contribution in [0.3, 0.4) is 0 Å². The van der Waals surface area contributed by atoms with Gasteiger partial charge in [-0.25, -0.2) is 4.98 Å². The highest BCUT2D eigenvalue weighted by Crippen LogP contribution is 2.43. The predicted octanol–water partition coefficient (Wildman–Crippen LogP) is 11.6. The maximum atomic E-state index is 6.96. The van der Waals surface area contributed by atoms with Crippen molar-refractivity contribution in [2.24, 2.45) is 0 Å².